The topological polar surface area (TPSA) is 59.4 Å². The van der Waals surface area contributed by atoms with Crippen molar-refractivity contribution in [3.05, 3.63) is 45.7 Å². The van der Waals surface area contributed by atoms with Crippen LogP contribution in [0.5, 0.6) is 5.75 Å². The molecule has 0 amide bonds. The van der Waals surface area contributed by atoms with Crippen molar-refractivity contribution in [1.82, 2.24) is 9.55 Å². The molecule has 1 unspecified atom stereocenters. The summed E-state index contributed by atoms with van der Waals surface area (Å²) in [6, 6.07) is 7.75. The molecule has 0 radical (unpaired) electrons. The number of halogens is 3. The maximum Gasteiger partial charge on any atom is 0.573 e. The van der Waals surface area contributed by atoms with Crippen LogP contribution in [0.25, 0.3) is 10.3 Å². The number of hydrogen-bond acceptors (Lipinski definition) is 6. The second-order valence-corrected chi connectivity index (χ2v) is 8.86. The van der Waals surface area contributed by atoms with Crippen LogP contribution in [-0.2, 0) is 7.05 Å². The molecule has 1 aliphatic rings. The maximum atomic E-state index is 12.1. The van der Waals surface area contributed by atoms with Gasteiger partial charge in [-0.25, -0.2) is 4.98 Å². The molecular weight excluding hydrogens is 441 g/mol. The Morgan fingerprint density at radius 1 is 1.22 bits per heavy atom. The second-order valence-electron chi connectivity index (χ2n) is 7.67. The molecule has 6 nitrogen and oxygen atoms in total. The first-order valence-electron chi connectivity index (χ1n) is 10.4. The van der Waals surface area contributed by atoms with Crippen LogP contribution < -0.4 is 20.5 Å². The Bertz CT molecular complexity index is 1110. The zero-order valence-corrected chi connectivity index (χ0v) is 19.3. The van der Waals surface area contributed by atoms with Gasteiger partial charge in [-0.15, -0.1) is 24.5 Å². The van der Waals surface area contributed by atoms with Crippen molar-refractivity contribution in [3.8, 4) is 5.75 Å². The van der Waals surface area contributed by atoms with Gasteiger partial charge in [-0.2, -0.15) is 0 Å². The molecule has 1 aromatic carbocycles. The third kappa shape index (κ3) is 5.73. The largest absolute Gasteiger partial charge is 0.573 e. The van der Waals surface area contributed by atoms with Gasteiger partial charge in [0, 0.05) is 38.4 Å². The van der Waals surface area contributed by atoms with Gasteiger partial charge in [0.15, 0.2) is 0 Å². The summed E-state index contributed by atoms with van der Waals surface area (Å²) in [4.78, 5) is 20.1. The number of ether oxygens (including phenoxy) is 1. The highest BCUT2D eigenvalue weighted by Crippen LogP contribution is 2.32. The number of piperidine rings is 1. The van der Waals surface area contributed by atoms with Crippen molar-refractivity contribution in [3.63, 3.8) is 0 Å². The van der Waals surface area contributed by atoms with Gasteiger partial charge in [-0.3, -0.25) is 4.79 Å². The molecular formula is C22H27F3N4O2S. The first-order valence-corrected chi connectivity index (χ1v) is 11.2. The molecule has 32 heavy (non-hydrogen) atoms. The molecule has 0 spiro atoms. The molecule has 174 valence electrons. The Labute approximate surface area is 188 Å². The van der Waals surface area contributed by atoms with Gasteiger partial charge in [0.25, 0.3) is 5.56 Å². The van der Waals surface area contributed by atoms with Crippen LogP contribution in [0.4, 0.5) is 24.5 Å². The number of aryl methyl sites for hydroxylation is 2. The Balaban J connectivity index is 0.000000195. The van der Waals surface area contributed by atoms with E-state index in [1.807, 2.05) is 14.0 Å². The van der Waals surface area contributed by atoms with E-state index in [1.54, 1.807) is 29.0 Å². The lowest BCUT2D eigenvalue weighted by Gasteiger charge is -2.35. The van der Waals surface area contributed by atoms with E-state index in [4.69, 9.17) is 0 Å². The van der Waals surface area contributed by atoms with E-state index in [2.05, 4.69) is 26.9 Å². The number of anilines is 2. The van der Waals surface area contributed by atoms with Gasteiger partial charge in [0.05, 0.1) is 10.7 Å². The highest BCUT2D eigenvalue weighted by Gasteiger charge is 2.30. The van der Waals surface area contributed by atoms with E-state index >= 15 is 0 Å². The molecule has 1 fully saturated rings. The summed E-state index contributed by atoms with van der Waals surface area (Å²) in [6.45, 7) is 5.26. The van der Waals surface area contributed by atoms with Gasteiger partial charge in [-0.05, 0) is 57.4 Å². The molecule has 4 rings (SSSR count). The van der Waals surface area contributed by atoms with Gasteiger partial charge in [0.1, 0.15) is 16.1 Å². The molecule has 1 aliphatic heterocycles. The van der Waals surface area contributed by atoms with E-state index < -0.39 is 6.36 Å². The third-order valence-electron chi connectivity index (χ3n) is 5.34. The summed E-state index contributed by atoms with van der Waals surface area (Å²) >= 11 is 1.60. The predicted molar refractivity (Wildman–Crippen MR) is 123 cm³/mol. The molecule has 10 heteroatoms. The first kappa shape index (κ1) is 23.9. The Morgan fingerprint density at radius 3 is 2.50 bits per heavy atom. The smallest absolute Gasteiger partial charge is 0.406 e. The molecule has 3 aromatic rings. The van der Waals surface area contributed by atoms with Crippen molar-refractivity contribution in [1.29, 1.82) is 0 Å². The highest BCUT2D eigenvalue weighted by molar-refractivity contribution is 7.18. The van der Waals surface area contributed by atoms with Gasteiger partial charge in [-0.1, -0.05) is 0 Å². The van der Waals surface area contributed by atoms with E-state index in [0.717, 1.165) is 33.3 Å². The van der Waals surface area contributed by atoms with Crippen LogP contribution in [-0.4, -0.2) is 35.5 Å². The van der Waals surface area contributed by atoms with Crippen molar-refractivity contribution in [2.45, 2.75) is 45.5 Å². The summed E-state index contributed by atoms with van der Waals surface area (Å²) in [5.74, 6) is -0.216. The summed E-state index contributed by atoms with van der Waals surface area (Å²) in [7, 11) is 3.51. The SMILES string of the molecule is CNc1ccc(OC(F)(F)F)cc1.Cc1nc2c(N3CCCCC3C)cc(=O)n(C)c2s1. The number of hydrogen-bond donors (Lipinski definition) is 1. The average molecular weight is 469 g/mol. The van der Waals surface area contributed by atoms with Crippen LogP contribution in [0.1, 0.15) is 31.2 Å². The van der Waals surface area contributed by atoms with Gasteiger partial charge < -0.3 is 19.5 Å². The number of thiazole rings is 1. The molecule has 2 aromatic heterocycles. The molecule has 0 bridgehead atoms. The number of pyridine rings is 1. The lowest BCUT2D eigenvalue weighted by molar-refractivity contribution is -0.274. The minimum absolute atomic E-state index is 0.0592. The maximum absolute atomic E-state index is 12.1. The fraction of sp³-hybridized carbons (Fsp3) is 0.455. The summed E-state index contributed by atoms with van der Waals surface area (Å²) in [6.07, 6.45) is -0.951. The predicted octanol–water partition coefficient (Wildman–Crippen LogP) is 5.31. The van der Waals surface area contributed by atoms with Crippen molar-refractivity contribution < 1.29 is 17.9 Å². The number of nitrogens with one attached hydrogen (secondary N) is 1. The van der Waals surface area contributed by atoms with E-state index in [-0.39, 0.29) is 11.3 Å². The highest BCUT2D eigenvalue weighted by atomic mass is 32.1. The quantitative estimate of drug-likeness (QED) is 0.565. The minimum atomic E-state index is -4.62. The van der Waals surface area contributed by atoms with Crippen molar-refractivity contribution >= 4 is 33.1 Å². The molecule has 1 N–H and O–H groups in total. The Hall–Kier alpha value is -2.75. The van der Waals surface area contributed by atoms with Gasteiger partial charge >= 0.3 is 6.36 Å². The third-order valence-corrected chi connectivity index (χ3v) is 6.39. The first-order chi connectivity index (χ1) is 15.1. The molecule has 1 atom stereocenters. The van der Waals surface area contributed by atoms with Crippen LogP contribution in [0, 0.1) is 6.92 Å². The van der Waals surface area contributed by atoms with Crippen molar-refractivity contribution in [2.75, 3.05) is 23.8 Å². The van der Waals surface area contributed by atoms with E-state index in [0.29, 0.717) is 6.04 Å². The monoisotopic (exact) mass is 468 g/mol. The number of alkyl halides is 3. The summed E-state index contributed by atoms with van der Waals surface area (Å²) < 4.78 is 40.4. The summed E-state index contributed by atoms with van der Waals surface area (Å²) in [5.41, 5.74) is 2.80. The average Bonchev–Trinajstić information content (AvgIpc) is 3.13. The number of rotatable bonds is 3. The number of aromatic nitrogens is 2. The lowest BCUT2D eigenvalue weighted by Crippen LogP contribution is -2.38. The molecule has 3 heterocycles. The van der Waals surface area contributed by atoms with Crippen LogP contribution in [0.3, 0.4) is 0 Å². The fourth-order valence-corrected chi connectivity index (χ4v) is 4.58. The zero-order valence-electron chi connectivity index (χ0n) is 18.5. The Morgan fingerprint density at radius 2 is 1.91 bits per heavy atom. The Kier molecular flexibility index (Phi) is 7.33. The van der Waals surface area contributed by atoms with Gasteiger partial charge in [0.2, 0.25) is 0 Å². The zero-order chi connectivity index (χ0) is 23.5. The normalized spacial score (nSPS) is 16.5. The second kappa shape index (κ2) is 9.81. The van der Waals surface area contributed by atoms with Crippen LogP contribution in [0.2, 0.25) is 0 Å². The molecule has 0 saturated carbocycles. The van der Waals surface area contributed by atoms with E-state index in [1.165, 1.54) is 43.5 Å². The number of fused-ring (bicyclic) bond motifs is 1. The summed E-state index contributed by atoms with van der Waals surface area (Å²) in [5, 5.41) is 3.80. The molecule has 1 saturated heterocycles. The van der Waals surface area contributed by atoms with Crippen molar-refractivity contribution in [2.24, 2.45) is 7.05 Å². The standard InChI is InChI=1S/C14H19N3OS.C8H8F3NO/c1-9-6-4-5-7-17(9)11-8-12(18)16(3)14-13(11)15-10(2)19-14;1-12-6-2-4-7(5-3-6)13-8(9,10)11/h8-9H,4-7H2,1-3H3;2-5,12H,1H3. The lowest BCUT2D eigenvalue weighted by atomic mass is 10.0. The minimum Gasteiger partial charge on any atom is -0.406 e. The molecule has 0 aliphatic carbocycles. The number of benzene rings is 1. The number of nitrogens with zero attached hydrogens (tertiary/aromatic N) is 3. The van der Waals surface area contributed by atoms with Crippen LogP contribution >= 0.6 is 11.3 Å². The van der Waals surface area contributed by atoms with E-state index in [9.17, 15) is 18.0 Å². The fourth-order valence-electron chi connectivity index (χ4n) is 3.69. The van der Waals surface area contributed by atoms with Crippen LogP contribution in [0.15, 0.2) is 35.1 Å².